The van der Waals surface area contributed by atoms with E-state index in [1.807, 2.05) is 6.92 Å². The predicted octanol–water partition coefficient (Wildman–Crippen LogP) is 2.52. The van der Waals surface area contributed by atoms with E-state index in [0.29, 0.717) is 6.61 Å². The van der Waals surface area contributed by atoms with E-state index in [4.69, 9.17) is 4.74 Å². The summed E-state index contributed by atoms with van der Waals surface area (Å²) in [5.74, 6) is 0.252. The highest BCUT2D eigenvalue weighted by Crippen LogP contribution is 2.24. The first-order valence-corrected chi connectivity index (χ1v) is 5.01. The van der Waals surface area contributed by atoms with Gasteiger partial charge in [-0.3, -0.25) is 4.79 Å². The number of carbonyl (C=O) groups is 1. The van der Waals surface area contributed by atoms with E-state index < -0.39 is 0 Å². The Morgan fingerprint density at radius 1 is 1.33 bits per heavy atom. The average molecular weight is 170 g/mol. The lowest BCUT2D eigenvalue weighted by Gasteiger charge is -2.19. The lowest BCUT2D eigenvalue weighted by Crippen LogP contribution is -2.20. The van der Waals surface area contributed by atoms with E-state index in [1.165, 1.54) is 19.3 Å². The van der Waals surface area contributed by atoms with Gasteiger partial charge in [0.05, 0.1) is 12.5 Å². The second-order valence-electron chi connectivity index (χ2n) is 3.50. The summed E-state index contributed by atoms with van der Waals surface area (Å²) in [6.07, 6.45) is 6.71. The zero-order valence-corrected chi connectivity index (χ0v) is 7.84. The number of hydrogen-bond acceptors (Lipinski definition) is 2. The molecule has 0 unspecified atom stereocenters. The Kier molecular flexibility index (Phi) is 4.12. The van der Waals surface area contributed by atoms with Gasteiger partial charge in [-0.05, 0) is 19.3 Å². The van der Waals surface area contributed by atoms with Crippen molar-refractivity contribution in [2.75, 3.05) is 6.61 Å². The normalized spacial score (nSPS) is 19.1. The lowest BCUT2D eigenvalue weighted by molar-refractivity contribution is -0.149. The molecule has 2 heteroatoms. The van der Waals surface area contributed by atoms with Crippen LogP contribution in [0.4, 0.5) is 0 Å². The van der Waals surface area contributed by atoms with Gasteiger partial charge in [-0.15, -0.1) is 0 Å². The molecule has 1 fully saturated rings. The first-order chi connectivity index (χ1) is 5.84. The molecule has 0 bridgehead atoms. The van der Waals surface area contributed by atoms with Crippen LogP contribution in [0.25, 0.3) is 0 Å². The quantitative estimate of drug-likeness (QED) is 0.608. The van der Waals surface area contributed by atoms with Crippen molar-refractivity contribution in [3.05, 3.63) is 0 Å². The third-order valence-electron chi connectivity index (χ3n) is 2.39. The summed E-state index contributed by atoms with van der Waals surface area (Å²) in [5.41, 5.74) is 0. The van der Waals surface area contributed by atoms with E-state index in [0.717, 1.165) is 19.3 Å². The highest BCUT2D eigenvalue weighted by Gasteiger charge is 2.21. The number of hydrogen-bond donors (Lipinski definition) is 0. The fourth-order valence-electron chi connectivity index (χ4n) is 1.66. The van der Waals surface area contributed by atoms with Crippen LogP contribution in [-0.2, 0) is 9.53 Å². The average Bonchev–Trinajstić information content (AvgIpc) is 2.15. The van der Waals surface area contributed by atoms with Crippen LogP contribution in [0.2, 0.25) is 0 Å². The number of carbonyl (C=O) groups excluding carboxylic acids is 1. The van der Waals surface area contributed by atoms with Crippen molar-refractivity contribution < 1.29 is 9.53 Å². The minimum absolute atomic E-state index is 0.0385. The summed E-state index contributed by atoms with van der Waals surface area (Å²) in [4.78, 5) is 11.3. The van der Waals surface area contributed by atoms with Crippen LogP contribution in [0.1, 0.15) is 45.4 Å². The fraction of sp³-hybridized carbons (Fsp3) is 0.900. The third kappa shape index (κ3) is 2.84. The molecule has 0 aromatic carbocycles. The fourth-order valence-corrected chi connectivity index (χ4v) is 1.66. The summed E-state index contributed by atoms with van der Waals surface area (Å²) in [6, 6.07) is 0. The van der Waals surface area contributed by atoms with Gasteiger partial charge >= 0.3 is 5.97 Å². The van der Waals surface area contributed by atoms with E-state index >= 15 is 0 Å². The first kappa shape index (κ1) is 9.56. The van der Waals surface area contributed by atoms with Crippen molar-refractivity contribution in [1.29, 1.82) is 0 Å². The predicted molar refractivity (Wildman–Crippen MR) is 47.8 cm³/mol. The maximum absolute atomic E-state index is 11.3. The maximum Gasteiger partial charge on any atom is 0.308 e. The summed E-state index contributed by atoms with van der Waals surface area (Å²) in [7, 11) is 0. The highest BCUT2D eigenvalue weighted by molar-refractivity contribution is 5.72. The lowest BCUT2D eigenvalue weighted by atomic mass is 9.89. The molecule has 0 atom stereocenters. The molecule has 2 nitrogen and oxygen atoms in total. The minimum Gasteiger partial charge on any atom is -0.465 e. The summed E-state index contributed by atoms with van der Waals surface area (Å²) in [6.45, 7) is 2.61. The Balaban J connectivity index is 2.20. The SMILES string of the molecule is CCCOC(=O)C1CCCCC1. The van der Waals surface area contributed by atoms with Crippen molar-refractivity contribution in [2.45, 2.75) is 45.4 Å². The van der Waals surface area contributed by atoms with Crippen LogP contribution in [0.15, 0.2) is 0 Å². The molecule has 0 heterocycles. The van der Waals surface area contributed by atoms with Gasteiger partial charge in [0.2, 0.25) is 0 Å². The van der Waals surface area contributed by atoms with Gasteiger partial charge in [-0.25, -0.2) is 0 Å². The maximum atomic E-state index is 11.3. The number of rotatable bonds is 3. The molecule has 0 aromatic rings. The van der Waals surface area contributed by atoms with Crippen molar-refractivity contribution >= 4 is 5.97 Å². The van der Waals surface area contributed by atoms with Crippen molar-refractivity contribution in [1.82, 2.24) is 0 Å². The molecule has 1 aliphatic carbocycles. The standard InChI is InChI=1S/C10H18O2/c1-2-8-12-10(11)9-6-4-3-5-7-9/h9H,2-8H2,1H3. The first-order valence-electron chi connectivity index (χ1n) is 5.01. The monoisotopic (exact) mass is 170 g/mol. The number of ether oxygens (including phenoxy) is 1. The molecule has 12 heavy (non-hydrogen) atoms. The Morgan fingerprint density at radius 3 is 2.58 bits per heavy atom. The third-order valence-corrected chi connectivity index (χ3v) is 2.39. The van der Waals surface area contributed by atoms with Crippen molar-refractivity contribution in [3.63, 3.8) is 0 Å². The van der Waals surface area contributed by atoms with Gasteiger partial charge in [0.15, 0.2) is 0 Å². The molecular weight excluding hydrogens is 152 g/mol. The van der Waals surface area contributed by atoms with Gasteiger partial charge in [0.1, 0.15) is 0 Å². The smallest absolute Gasteiger partial charge is 0.308 e. The molecule has 1 saturated carbocycles. The van der Waals surface area contributed by atoms with Gasteiger partial charge in [0.25, 0.3) is 0 Å². The van der Waals surface area contributed by atoms with Crippen LogP contribution in [0.3, 0.4) is 0 Å². The van der Waals surface area contributed by atoms with Crippen molar-refractivity contribution in [2.24, 2.45) is 5.92 Å². The Hall–Kier alpha value is -0.530. The summed E-state index contributed by atoms with van der Waals surface area (Å²) < 4.78 is 5.09. The van der Waals surface area contributed by atoms with Gasteiger partial charge in [0, 0.05) is 0 Å². The summed E-state index contributed by atoms with van der Waals surface area (Å²) >= 11 is 0. The topological polar surface area (TPSA) is 26.3 Å². The molecule has 70 valence electrons. The summed E-state index contributed by atoms with van der Waals surface area (Å²) in [5, 5.41) is 0. The van der Waals surface area contributed by atoms with Gasteiger partial charge in [-0.2, -0.15) is 0 Å². The van der Waals surface area contributed by atoms with E-state index in [1.54, 1.807) is 0 Å². The molecule has 0 spiro atoms. The zero-order chi connectivity index (χ0) is 8.81. The largest absolute Gasteiger partial charge is 0.465 e. The highest BCUT2D eigenvalue weighted by atomic mass is 16.5. The van der Waals surface area contributed by atoms with Gasteiger partial charge < -0.3 is 4.74 Å². The number of esters is 1. The van der Waals surface area contributed by atoms with Crippen LogP contribution >= 0.6 is 0 Å². The molecule has 0 aromatic heterocycles. The van der Waals surface area contributed by atoms with Crippen LogP contribution < -0.4 is 0 Å². The van der Waals surface area contributed by atoms with E-state index in [-0.39, 0.29) is 11.9 Å². The van der Waals surface area contributed by atoms with Crippen LogP contribution in [-0.4, -0.2) is 12.6 Å². The molecule has 1 aliphatic rings. The second kappa shape index (κ2) is 5.18. The van der Waals surface area contributed by atoms with Crippen molar-refractivity contribution in [3.8, 4) is 0 Å². The molecule has 0 saturated heterocycles. The van der Waals surface area contributed by atoms with E-state index in [2.05, 4.69) is 0 Å². The van der Waals surface area contributed by atoms with Crippen LogP contribution in [0.5, 0.6) is 0 Å². The Bertz CT molecular complexity index is 137. The molecule has 0 aliphatic heterocycles. The van der Waals surface area contributed by atoms with E-state index in [9.17, 15) is 4.79 Å². The molecule has 0 radical (unpaired) electrons. The molecule has 0 N–H and O–H groups in total. The zero-order valence-electron chi connectivity index (χ0n) is 7.84. The molecule has 0 amide bonds. The minimum atomic E-state index is 0.0385. The Labute approximate surface area is 74.3 Å². The van der Waals surface area contributed by atoms with Gasteiger partial charge in [-0.1, -0.05) is 26.2 Å². The Morgan fingerprint density at radius 2 is 2.00 bits per heavy atom. The van der Waals surface area contributed by atoms with Crippen LogP contribution in [0, 0.1) is 5.92 Å². The second-order valence-corrected chi connectivity index (χ2v) is 3.50. The molecule has 1 rings (SSSR count). The molecular formula is C10H18O2.